The summed E-state index contributed by atoms with van der Waals surface area (Å²) in [6, 6.07) is 7.23. The maximum Gasteiger partial charge on any atom is 0.418 e. The van der Waals surface area contributed by atoms with Crippen LogP contribution in [0.4, 0.5) is 22.0 Å². The maximum atomic E-state index is 13.9. The van der Waals surface area contributed by atoms with Gasteiger partial charge in [0.15, 0.2) is 5.82 Å². The highest BCUT2D eigenvalue weighted by Gasteiger charge is 2.34. The van der Waals surface area contributed by atoms with Crippen LogP contribution in [0.15, 0.2) is 42.5 Å². The summed E-state index contributed by atoms with van der Waals surface area (Å²) in [4.78, 5) is 0. The standard InChI is InChI=1S/C14H7F5N4/c15-8-5-6-9(11(16)7-8)13-20-21-22-23(13)12-4-2-1-3-10(12)14(17,18)19/h1-7H. The average Bonchev–Trinajstić information content (AvgIpc) is 2.95. The van der Waals surface area contributed by atoms with Gasteiger partial charge in [0.1, 0.15) is 11.6 Å². The van der Waals surface area contributed by atoms with E-state index in [9.17, 15) is 22.0 Å². The second-order valence-corrected chi connectivity index (χ2v) is 4.55. The van der Waals surface area contributed by atoms with Gasteiger partial charge in [-0.15, -0.1) is 5.10 Å². The van der Waals surface area contributed by atoms with Gasteiger partial charge < -0.3 is 0 Å². The molecule has 118 valence electrons. The van der Waals surface area contributed by atoms with E-state index in [0.29, 0.717) is 6.07 Å². The maximum absolute atomic E-state index is 13.9. The van der Waals surface area contributed by atoms with Crippen molar-refractivity contribution < 1.29 is 22.0 Å². The number of aromatic nitrogens is 4. The second kappa shape index (κ2) is 5.41. The number of benzene rings is 2. The van der Waals surface area contributed by atoms with Gasteiger partial charge in [0.25, 0.3) is 0 Å². The number of hydrogen-bond donors (Lipinski definition) is 0. The lowest BCUT2D eigenvalue weighted by Gasteiger charge is -2.13. The lowest BCUT2D eigenvalue weighted by Crippen LogP contribution is -2.12. The van der Waals surface area contributed by atoms with E-state index in [1.165, 1.54) is 12.1 Å². The minimum absolute atomic E-state index is 0.214. The predicted octanol–water partition coefficient (Wildman–Crippen LogP) is 3.63. The molecule has 0 spiro atoms. The zero-order chi connectivity index (χ0) is 16.6. The number of nitrogens with zero attached hydrogens (tertiary/aromatic N) is 4. The van der Waals surface area contributed by atoms with E-state index >= 15 is 0 Å². The van der Waals surface area contributed by atoms with Crippen molar-refractivity contribution in [2.24, 2.45) is 0 Å². The molecule has 4 nitrogen and oxygen atoms in total. The summed E-state index contributed by atoms with van der Waals surface area (Å²) in [5.74, 6) is -2.06. The molecule has 23 heavy (non-hydrogen) atoms. The Hall–Kier alpha value is -2.84. The van der Waals surface area contributed by atoms with Crippen molar-refractivity contribution in [2.75, 3.05) is 0 Å². The summed E-state index contributed by atoms with van der Waals surface area (Å²) in [6.45, 7) is 0. The number of alkyl halides is 3. The summed E-state index contributed by atoms with van der Waals surface area (Å²) in [5.41, 5.74) is -1.55. The molecule has 0 aliphatic rings. The molecule has 0 saturated heterocycles. The summed E-state index contributed by atoms with van der Waals surface area (Å²) in [6.07, 6.45) is -4.64. The molecule has 0 bridgehead atoms. The van der Waals surface area contributed by atoms with E-state index in [1.807, 2.05) is 0 Å². The number of rotatable bonds is 2. The summed E-state index contributed by atoms with van der Waals surface area (Å²) < 4.78 is 66.9. The van der Waals surface area contributed by atoms with Gasteiger partial charge in [-0.05, 0) is 34.7 Å². The van der Waals surface area contributed by atoms with Crippen molar-refractivity contribution in [2.45, 2.75) is 6.18 Å². The Morgan fingerprint density at radius 3 is 2.39 bits per heavy atom. The molecular weight excluding hydrogens is 319 g/mol. The van der Waals surface area contributed by atoms with E-state index in [0.717, 1.165) is 28.9 Å². The third-order valence-corrected chi connectivity index (χ3v) is 3.08. The van der Waals surface area contributed by atoms with Crippen LogP contribution in [-0.2, 0) is 6.18 Å². The van der Waals surface area contributed by atoms with Crippen molar-refractivity contribution in [3.05, 3.63) is 59.7 Å². The van der Waals surface area contributed by atoms with Gasteiger partial charge >= 0.3 is 6.18 Å². The smallest absolute Gasteiger partial charge is 0.207 e. The zero-order valence-electron chi connectivity index (χ0n) is 11.2. The number of hydrogen-bond acceptors (Lipinski definition) is 3. The Morgan fingerprint density at radius 2 is 1.70 bits per heavy atom. The minimum atomic E-state index is -4.64. The van der Waals surface area contributed by atoms with Crippen molar-refractivity contribution in [3.63, 3.8) is 0 Å². The molecule has 9 heteroatoms. The molecule has 2 aromatic carbocycles. The third-order valence-electron chi connectivity index (χ3n) is 3.08. The average molecular weight is 326 g/mol. The monoisotopic (exact) mass is 326 g/mol. The molecule has 3 aromatic rings. The van der Waals surface area contributed by atoms with E-state index in [-0.39, 0.29) is 17.1 Å². The fourth-order valence-electron chi connectivity index (χ4n) is 2.09. The molecule has 0 N–H and O–H groups in total. The second-order valence-electron chi connectivity index (χ2n) is 4.55. The third kappa shape index (κ3) is 2.77. The highest BCUT2D eigenvalue weighted by molar-refractivity contribution is 5.59. The normalized spacial score (nSPS) is 11.7. The Bertz CT molecular complexity index is 856. The Balaban J connectivity index is 2.20. The van der Waals surface area contributed by atoms with Crippen LogP contribution < -0.4 is 0 Å². The Kier molecular flexibility index (Phi) is 3.55. The van der Waals surface area contributed by atoms with E-state index in [1.54, 1.807) is 0 Å². The SMILES string of the molecule is Fc1ccc(-c2nnnn2-c2ccccc2C(F)(F)F)c(F)c1. The van der Waals surface area contributed by atoms with Crippen LogP contribution in [-0.4, -0.2) is 20.2 Å². The van der Waals surface area contributed by atoms with Crippen molar-refractivity contribution >= 4 is 0 Å². The van der Waals surface area contributed by atoms with E-state index in [4.69, 9.17) is 0 Å². The predicted molar refractivity (Wildman–Crippen MR) is 69.5 cm³/mol. The van der Waals surface area contributed by atoms with Gasteiger partial charge in [-0.25, -0.2) is 8.78 Å². The molecule has 1 aromatic heterocycles. The molecule has 0 amide bonds. The molecule has 0 atom stereocenters. The highest BCUT2D eigenvalue weighted by Crippen LogP contribution is 2.34. The number of para-hydroxylation sites is 1. The van der Waals surface area contributed by atoms with Crippen LogP contribution in [0.25, 0.3) is 17.1 Å². The van der Waals surface area contributed by atoms with Gasteiger partial charge in [0.05, 0.1) is 16.8 Å². The fourth-order valence-corrected chi connectivity index (χ4v) is 2.09. The summed E-state index contributed by atoms with van der Waals surface area (Å²) in [7, 11) is 0. The largest absolute Gasteiger partial charge is 0.418 e. The van der Waals surface area contributed by atoms with Crippen LogP contribution in [0, 0.1) is 11.6 Å². The van der Waals surface area contributed by atoms with Gasteiger partial charge in [-0.2, -0.15) is 17.9 Å². The van der Waals surface area contributed by atoms with E-state index in [2.05, 4.69) is 15.5 Å². The Labute approximate surface area is 126 Å². The van der Waals surface area contributed by atoms with Crippen LogP contribution >= 0.6 is 0 Å². The van der Waals surface area contributed by atoms with Crippen molar-refractivity contribution in [1.29, 1.82) is 0 Å². The fraction of sp³-hybridized carbons (Fsp3) is 0.0714. The van der Waals surface area contributed by atoms with Crippen molar-refractivity contribution in [3.8, 4) is 17.1 Å². The minimum Gasteiger partial charge on any atom is -0.207 e. The first-order chi connectivity index (χ1) is 10.9. The quantitative estimate of drug-likeness (QED) is 0.676. The lowest BCUT2D eigenvalue weighted by atomic mass is 10.1. The molecule has 1 heterocycles. The number of tetrazole rings is 1. The first-order valence-electron chi connectivity index (χ1n) is 6.28. The Morgan fingerprint density at radius 1 is 0.957 bits per heavy atom. The van der Waals surface area contributed by atoms with Crippen LogP contribution in [0.5, 0.6) is 0 Å². The van der Waals surface area contributed by atoms with Crippen LogP contribution in [0.1, 0.15) is 5.56 Å². The molecule has 3 rings (SSSR count). The summed E-state index contributed by atoms with van der Waals surface area (Å²) in [5, 5.41) is 10.3. The molecule has 0 saturated carbocycles. The van der Waals surface area contributed by atoms with Crippen LogP contribution in [0.3, 0.4) is 0 Å². The first-order valence-corrected chi connectivity index (χ1v) is 6.28. The molecule has 0 aliphatic carbocycles. The van der Waals surface area contributed by atoms with Crippen LogP contribution in [0.2, 0.25) is 0 Å². The lowest BCUT2D eigenvalue weighted by molar-refractivity contribution is -0.137. The molecule has 0 radical (unpaired) electrons. The van der Waals surface area contributed by atoms with Gasteiger partial charge in [-0.3, -0.25) is 0 Å². The van der Waals surface area contributed by atoms with E-state index < -0.39 is 23.4 Å². The molecule has 0 fully saturated rings. The zero-order valence-corrected chi connectivity index (χ0v) is 11.2. The molecule has 0 unspecified atom stereocenters. The van der Waals surface area contributed by atoms with Gasteiger partial charge in [0, 0.05) is 6.07 Å². The van der Waals surface area contributed by atoms with Gasteiger partial charge in [-0.1, -0.05) is 12.1 Å². The molecule has 0 aliphatic heterocycles. The highest BCUT2D eigenvalue weighted by atomic mass is 19.4. The first kappa shape index (κ1) is 15.1. The van der Waals surface area contributed by atoms with Gasteiger partial charge in [0.2, 0.25) is 0 Å². The number of halogens is 5. The summed E-state index contributed by atoms with van der Waals surface area (Å²) >= 11 is 0. The van der Waals surface area contributed by atoms with Crippen molar-refractivity contribution in [1.82, 2.24) is 20.2 Å². The molecular formula is C14H7F5N4. The topological polar surface area (TPSA) is 43.6 Å².